The lowest BCUT2D eigenvalue weighted by Crippen LogP contribution is -2.29. The third-order valence-corrected chi connectivity index (χ3v) is 4.02. The van der Waals surface area contributed by atoms with E-state index < -0.39 is 0 Å². The highest BCUT2D eigenvalue weighted by Gasteiger charge is 2.17. The molecule has 0 aliphatic carbocycles. The van der Waals surface area contributed by atoms with Gasteiger partial charge in [0.2, 0.25) is 0 Å². The third kappa shape index (κ3) is 5.80. The molecule has 0 radical (unpaired) electrons. The van der Waals surface area contributed by atoms with Crippen LogP contribution in [0.5, 0.6) is 11.5 Å². The first-order chi connectivity index (χ1) is 12.4. The van der Waals surface area contributed by atoms with Crippen LogP contribution in [0, 0.1) is 5.92 Å². The number of hydrogen-bond acceptors (Lipinski definition) is 3. The molecule has 4 heteroatoms. The van der Waals surface area contributed by atoms with Gasteiger partial charge >= 0.3 is 0 Å². The van der Waals surface area contributed by atoms with Gasteiger partial charge in [-0.25, -0.2) is 0 Å². The van der Waals surface area contributed by atoms with Crippen LogP contribution in [0.1, 0.15) is 56.1 Å². The van der Waals surface area contributed by atoms with E-state index in [4.69, 9.17) is 9.47 Å². The zero-order chi connectivity index (χ0) is 19.1. The molecule has 1 atom stereocenters. The molecule has 0 aliphatic rings. The normalized spacial score (nSPS) is 12.1. The van der Waals surface area contributed by atoms with Gasteiger partial charge in [0, 0.05) is 5.56 Å². The number of carbonyl (C=O) groups is 1. The predicted molar refractivity (Wildman–Crippen MR) is 105 cm³/mol. The Balaban J connectivity index is 2.12. The van der Waals surface area contributed by atoms with Crippen molar-refractivity contribution in [3.8, 4) is 11.5 Å². The standard InChI is InChI=1S/C22H29NO3/c1-15(2)14-21(17-6-10-19(25-5)11-7-17)23-22(24)18-8-12-20(13-9-18)26-16(3)4/h6-13,15-16,21H,14H2,1-5H3,(H,23,24)/t21-/m1/s1. The molecule has 0 aromatic heterocycles. The maximum absolute atomic E-state index is 12.7. The van der Waals surface area contributed by atoms with Crippen LogP contribution >= 0.6 is 0 Å². The minimum Gasteiger partial charge on any atom is -0.497 e. The zero-order valence-electron chi connectivity index (χ0n) is 16.3. The van der Waals surface area contributed by atoms with Crippen LogP contribution in [0.4, 0.5) is 0 Å². The number of carbonyl (C=O) groups excluding carboxylic acids is 1. The van der Waals surface area contributed by atoms with Crippen LogP contribution in [0.2, 0.25) is 0 Å². The second-order valence-corrected chi connectivity index (χ2v) is 7.12. The molecule has 0 bridgehead atoms. The number of ether oxygens (including phenoxy) is 2. The summed E-state index contributed by atoms with van der Waals surface area (Å²) in [6.45, 7) is 8.26. The Hall–Kier alpha value is -2.49. The summed E-state index contributed by atoms with van der Waals surface area (Å²) in [6, 6.07) is 15.1. The molecule has 26 heavy (non-hydrogen) atoms. The Bertz CT molecular complexity index is 690. The highest BCUT2D eigenvalue weighted by molar-refractivity contribution is 5.94. The summed E-state index contributed by atoms with van der Waals surface area (Å²) >= 11 is 0. The number of nitrogens with one attached hydrogen (secondary N) is 1. The van der Waals surface area contributed by atoms with Gasteiger partial charge in [0.05, 0.1) is 19.3 Å². The van der Waals surface area contributed by atoms with Gasteiger partial charge in [-0.05, 0) is 68.1 Å². The van der Waals surface area contributed by atoms with Crippen molar-refractivity contribution < 1.29 is 14.3 Å². The molecule has 2 rings (SSSR count). The Morgan fingerprint density at radius 3 is 2.00 bits per heavy atom. The zero-order valence-corrected chi connectivity index (χ0v) is 16.3. The first-order valence-corrected chi connectivity index (χ1v) is 9.10. The highest BCUT2D eigenvalue weighted by atomic mass is 16.5. The molecule has 0 fully saturated rings. The lowest BCUT2D eigenvalue weighted by atomic mass is 9.96. The van der Waals surface area contributed by atoms with E-state index >= 15 is 0 Å². The molecule has 0 spiro atoms. The van der Waals surface area contributed by atoms with Crippen LogP contribution in [0.3, 0.4) is 0 Å². The van der Waals surface area contributed by atoms with Crippen molar-refractivity contribution in [3.05, 3.63) is 59.7 Å². The summed E-state index contributed by atoms with van der Waals surface area (Å²) in [6.07, 6.45) is 0.979. The summed E-state index contributed by atoms with van der Waals surface area (Å²) in [5.74, 6) is 1.96. The molecule has 0 saturated heterocycles. The van der Waals surface area contributed by atoms with Crippen molar-refractivity contribution in [1.29, 1.82) is 0 Å². The van der Waals surface area contributed by atoms with E-state index in [1.165, 1.54) is 0 Å². The second kappa shape index (κ2) is 9.27. The molecule has 0 heterocycles. The molecule has 2 aromatic rings. The van der Waals surface area contributed by atoms with Gasteiger partial charge in [-0.2, -0.15) is 0 Å². The van der Waals surface area contributed by atoms with Crippen LogP contribution in [0.15, 0.2) is 48.5 Å². The lowest BCUT2D eigenvalue weighted by molar-refractivity contribution is 0.0932. The maximum atomic E-state index is 12.7. The maximum Gasteiger partial charge on any atom is 0.251 e. The van der Waals surface area contributed by atoms with Crippen molar-refractivity contribution in [2.24, 2.45) is 5.92 Å². The van der Waals surface area contributed by atoms with Gasteiger partial charge in [-0.1, -0.05) is 26.0 Å². The first-order valence-electron chi connectivity index (χ1n) is 9.10. The quantitative estimate of drug-likeness (QED) is 0.725. The Labute approximate surface area is 156 Å². The number of benzene rings is 2. The van der Waals surface area contributed by atoms with E-state index in [0.717, 1.165) is 23.5 Å². The lowest BCUT2D eigenvalue weighted by Gasteiger charge is -2.21. The fourth-order valence-electron chi connectivity index (χ4n) is 2.78. The molecule has 140 valence electrons. The topological polar surface area (TPSA) is 47.6 Å². The number of methoxy groups -OCH3 is 1. The van der Waals surface area contributed by atoms with Crippen molar-refractivity contribution in [2.45, 2.75) is 46.3 Å². The van der Waals surface area contributed by atoms with Gasteiger partial charge in [0.15, 0.2) is 0 Å². The van der Waals surface area contributed by atoms with Crippen molar-refractivity contribution in [3.63, 3.8) is 0 Å². The van der Waals surface area contributed by atoms with E-state index in [0.29, 0.717) is 11.5 Å². The monoisotopic (exact) mass is 355 g/mol. The van der Waals surface area contributed by atoms with Gasteiger partial charge < -0.3 is 14.8 Å². The molecular formula is C22H29NO3. The first kappa shape index (κ1) is 19.8. The summed E-state index contributed by atoms with van der Waals surface area (Å²) in [4.78, 5) is 12.7. The molecule has 2 aromatic carbocycles. The molecule has 0 saturated carbocycles. The summed E-state index contributed by atoms with van der Waals surface area (Å²) in [5, 5.41) is 3.16. The highest BCUT2D eigenvalue weighted by Crippen LogP contribution is 2.24. The van der Waals surface area contributed by atoms with E-state index in [1.54, 1.807) is 19.2 Å². The molecule has 0 unspecified atom stereocenters. The van der Waals surface area contributed by atoms with Crippen molar-refractivity contribution in [2.75, 3.05) is 7.11 Å². The van der Waals surface area contributed by atoms with Gasteiger partial charge in [0.1, 0.15) is 11.5 Å². The predicted octanol–water partition coefficient (Wildman–Crippen LogP) is 5.00. The van der Waals surface area contributed by atoms with E-state index in [-0.39, 0.29) is 18.1 Å². The molecular weight excluding hydrogens is 326 g/mol. The summed E-state index contributed by atoms with van der Waals surface area (Å²) in [7, 11) is 1.65. The number of rotatable bonds is 8. The Morgan fingerprint density at radius 2 is 1.50 bits per heavy atom. The van der Waals surface area contributed by atoms with Gasteiger partial charge in [-0.3, -0.25) is 4.79 Å². The average Bonchev–Trinajstić information content (AvgIpc) is 2.61. The Morgan fingerprint density at radius 1 is 0.923 bits per heavy atom. The van der Waals surface area contributed by atoms with Crippen LogP contribution in [-0.4, -0.2) is 19.1 Å². The van der Waals surface area contributed by atoms with Crippen LogP contribution in [0.25, 0.3) is 0 Å². The van der Waals surface area contributed by atoms with Gasteiger partial charge in [-0.15, -0.1) is 0 Å². The van der Waals surface area contributed by atoms with Crippen molar-refractivity contribution >= 4 is 5.91 Å². The molecule has 0 aliphatic heterocycles. The minimum atomic E-state index is -0.0810. The summed E-state index contributed by atoms with van der Waals surface area (Å²) < 4.78 is 10.9. The van der Waals surface area contributed by atoms with E-state index in [2.05, 4.69) is 19.2 Å². The largest absolute Gasteiger partial charge is 0.497 e. The van der Waals surface area contributed by atoms with Crippen LogP contribution < -0.4 is 14.8 Å². The molecule has 1 N–H and O–H groups in total. The fourth-order valence-corrected chi connectivity index (χ4v) is 2.78. The van der Waals surface area contributed by atoms with Crippen molar-refractivity contribution in [1.82, 2.24) is 5.32 Å². The third-order valence-electron chi connectivity index (χ3n) is 4.02. The fraction of sp³-hybridized carbons (Fsp3) is 0.409. The minimum absolute atomic E-state index is 0.0417. The number of hydrogen-bond donors (Lipinski definition) is 1. The Kier molecular flexibility index (Phi) is 7.07. The van der Waals surface area contributed by atoms with E-state index in [9.17, 15) is 4.79 Å². The summed E-state index contributed by atoms with van der Waals surface area (Å²) in [5.41, 5.74) is 1.70. The smallest absolute Gasteiger partial charge is 0.251 e. The second-order valence-electron chi connectivity index (χ2n) is 7.12. The van der Waals surface area contributed by atoms with Gasteiger partial charge in [0.25, 0.3) is 5.91 Å². The van der Waals surface area contributed by atoms with E-state index in [1.807, 2.05) is 50.2 Å². The molecule has 4 nitrogen and oxygen atoms in total. The molecule has 1 amide bonds. The average molecular weight is 355 g/mol. The van der Waals surface area contributed by atoms with Crippen LogP contribution in [-0.2, 0) is 0 Å². The number of amides is 1. The SMILES string of the molecule is COc1ccc([C@@H](CC(C)C)NC(=O)c2ccc(OC(C)C)cc2)cc1.